The van der Waals surface area contributed by atoms with Crippen molar-refractivity contribution in [2.75, 3.05) is 13.2 Å². The third-order valence-corrected chi connectivity index (χ3v) is 4.69. The zero-order valence-electron chi connectivity index (χ0n) is 10.6. The Morgan fingerprint density at radius 3 is 2.84 bits per heavy atom. The molecule has 4 nitrogen and oxygen atoms in total. The molecule has 3 aliphatic rings. The normalized spacial score (nSPS) is 38.6. The Bertz CT molecular complexity index is 520. The van der Waals surface area contributed by atoms with Crippen molar-refractivity contribution in [3.8, 4) is 5.75 Å². The summed E-state index contributed by atoms with van der Waals surface area (Å²) in [5, 5.41) is 12.6. The molecule has 1 amide bonds. The first kappa shape index (κ1) is 11.3. The SMILES string of the molecule is O=C(NC1[C@H]2COC[C@@H]12)[C@@H]1C[C@H]1c1cccc(O)c1. The van der Waals surface area contributed by atoms with Crippen LogP contribution in [0.4, 0.5) is 0 Å². The lowest BCUT2D eigenvalue weighted by Gasteiger charge is -2.07. The van der Waals surface area contributed by atoms with Crippen molar-refractivity contribution in [1.82, 2.24) is 5.32 Å². The maximum atomic E-state index is 12.1. The Kier molecular flexibility index (Phi) is 2.36. The van der Waals surface area contributed by atoms with Gasteiger partial charge in [-0.2, -0.15) is 0 Å². The molecular formula is C15H17NO3. The molecule has 1 aromatic rings. The average molecular weight is 259 g/mol. The van der Waals surface area contributed by atoms with Crippen molar-refractivity contribution < 1.29 is 14.6 Å². The van der Waals surface area contributed by atoms with Crippen LogP contribution in [0.15, 0.2) is 24.3 Å². The number of carbonyl (C=O) groups is 1. The molecule has 4 rings (SSSR count). The summed E-state index contributed by atoms with van der Waals surface area (Å²) in [6.07, 6.45) is 0.897. The number of aromatic hydroxyl groups is 1. The highest BCUT2D eigenvalue weighted by Crippen LogP contribution is 2.50. The molecule has 0 radical (unpaired) electrons. The van der Waals surface area contributed by atoms with Gasteiger partial charge in [0.1, 0.15) is 5.75 Å². The first-order valence-corrected chi connectivity index (χ1v) is 6.91. The van der Waals surface area contributed by atoms with Crippen LogP contribution in [0.1, 0.15) is 17.9 Å². The maximum absolute atomic E-state index is 12.1. The molecule has 4 heteroatoms. The molecule has 1 heterocycles. The smallest absolute Gasteiger partial charge is 0.223 e. The van der Waals surface area contributed by atoms with E-state index >= 15 is 0 Å². The first-order valence-electron chi connectivity index (χ1n) is 6.91. The highest BCUT2D eigenvalue weighted by atomic mass is 16.5. The number of ether oxygens (including phenoxy) is 1. The summed E-state index contributed by atoms with van der Waals surface area (Å²) in [6.45, 7) is 1.60. The van der Waals surface area contributed by atoms with E-state index in [0.29, 0.717) is 17.9 Å². The number of amides is 1. The molecule has 1 aliphatic heterocycles. The van der Waals surface area contributed by atoms with Gasteiger partial charge in [-0.15, -0.1) is 0 Å². The Hall–Kier alpha value is -1.55. The number of phenols is 1. The summed E-state index contributed by atoms with van der Waals surface area (Å²) in [6, 6.07) is 7.59. The molecule has 3 fully saturated rings. The van der Waals surface area contributed by atoms with Crippen LogP contribution < -0.4 is 5.32 Å². The predicted molar refractivity (Wildman–Crippen MR) is 68.7 cm³/mol. The van der Waals surface area contributed by atoms with E-state index in [-0.39, 0.29) is 23.5 Å². The minimum Gasteiger partial charge on any atom is -0.508 e. The Labute approximate surface area is 111 Å². The van der Waals surface area contributed by atoms with Crippen molar-refractivity contribution in [3.63, 3.8) is 0 Å². The second kappa shape index (κ2) is 3.97. The van der Waals surface area contributed by atoms with Gasteiger partial charge in [0.05, 0.1) is 13.2 Å². The molecule has 2 aliphatic carbocycles. The number of carbonyl (C=O) groups excluding carboxylic acids is 1. The van der Waals surface area contributed by atoms with Gasteiger partial charge in [0.2, 0.25) is 5.91 Å². The zero-order valence-corrected chi connectivity index (χ0v) is 10.6. The van der Waals surface area contributed by atoms with Crippen LogP contribution in [-0.4, -0.2) is 30.3 Å². The molecule has 2 saturated carbocycles. The number of rotatable bonds is 3. The highest BCUT2D eigenvalue weighted by molar-refractivity contribution is 5.83. The Morgan fingerprint density at radius 2 is 2.11 bits per heavy atom. The average Bonchev–Trinajstić information content (AvgIpc) is 3.26. The minimum absolute atomic E-state index is 0.0871. The fourth-order valence-electron chi connectivity index (χ4n) is 3.33. The van der Waals surface area contributed by atoms with Crippen LogP contribution in [0.2, 0.25) is 0 Å². The van der Waals surface area contributed by atoms with Gasteiger partial charge in [-0.05, 0) is 30.0 Å². The molecule has 19 heavy (non-hydrogen) atoms. The third-order valence-electron chi connectivity index (χ3n) is 4.69. The number of hydrogen-bond donors (Lipinski definition) is 2. The monoisotopic (exact) mass is 259 g/mol. The van der Waals surface area contributed by atoms with Crippen LogP contribution in [-0.2, 0) is 9.53 Å². The Balaban J connectivity index is 1.36. The lowest BCUT2D eigenvalue weighted by molar-refractivity contribution is -0.122. The number of benzene rings is 1. The molecular weight excluding hydrogens is 242 g/mol. The lowest BCUT2D eigenvalue weighted by atomic mass is 10.1. The van der Waals surface area contributed by atoms with Gasteiger partial charge in [0.25, 0.3) is 0 Å². The van der Waals surface area contributed by atoms with Gasteiger partial charge >= 0.3 is 0 Å². The quantitative estimate of drug-likeness (QED) is 0.859. The molecule has 0 bridgehead atoms. The van der Waals surface area contributed by atoms with Crippen LogP contribution >= 0.6 is 0 Å². The lowest BCUT2D eigenvalue weighted by Crippen LogP contribution is -2.31. The number of fused-ring (bicyclic) bond motifs is 1. The van der Waals surface area contributed by atoms with Crippen LogP contribution in [0, 0.1) is 17.8 Å². The Morgan fingerprint density at radius 1 is 1.32 bits per heavy atom. The maximum Gasteiger partial charge on any atom is 0.223 e. The fourth-order valence-corrected chi connectivity index (χ4v) is 3.33. The summed E-state index contributed by atoms with van der Waals surface area (Å²) in [5.41, 5.74) is 1.07. The van der Waals surface area contributed by atoms with Crippen molar-refractivity contribution in [2.45, 2.75) is 18.4 Å². The second-order valence-corrected chi connectivity index (χ2v) is 5.94. The molecule has 5 atom stereocenters. The van der Waals surface area contributed by atoms with E-state index in [4.69, 9.17) is 4.74 Å². The molecule has 2 N–H and O–H groups in total. The van der Waals surface area contributed by atoms with Crippen molar-refractivity contribution in [3.05, 3.63) is 29.8 Å². The zero-order chi connectivity index (χ0) is 13.0. The second-order valence-electron chi connectivity index (χ2n) is 5.94. The highest BCUT2D eigenvalue weighted by Gasteiger charge is 2.56. The van der Waals surface area contributed by atoms with E-state index in [1.807, 2.05) is 12.1 Å². The standard InChI is InChI=1S/C15H17NO3/c17-9-3-1-2-8(4-9)10-5-11(10)15(18)16-14-12-6-19-7-13(12)14/h1-4,10-14,17H,5-7H2,(H,16,18)/t10-,11+,12-,13+,14?/m0/s1. The summed E-state index contributed by atoms with van der Waals surface area (Å²) >= 11 is 0. The van der Waals surface area contributed by atoms with E-state index in [2.05, 4.69) is 5.32 Å². The van der Waals surface area contributed by atoms with E-state index in [9.17, 15) is 9.90 Å². The van der Waals surface area contributed by atoms with Gasteiger partial charge in [0.15, 0.2) is 0 Å². The van der Waals surface area contributed by atoms with E-state index in [1.54, 1.807) is 12.1 Å². The summed E-state index contributed by atoms with van der Waals surface area (Å²) in [5.74, 6) is 1.93. The van der Waals surface area contributed by atoms with Gasteiger partial charge in [-0.25, -0.2) is 0 Å². The first-order chi connectivity index (χ1) is 9.24. The van der Waals surface area contributed by atoms with Crippen LogP contribution in [0.5, 0.6) is 5.75 Å². The summed E-state index contributed by atoms with van der Waals surface area (Å²) in [4.78, 5) is 12.1. The van der Waals surface area contributed by atoms with Gasteiger partial charge in [-0.3, -0.25) is 4.79 Å². The van der Waals surface area contributed by atoms with Gasteiger partial charge in [0, 0.05) is 23.8 Å². The number of phenolic OH excluding ortho intramolecular Hbond substituents is 1. The molecule has 1 unspecified atom stereocenters. The fraction of sp³-hybridized carbons (Fsp3) is 0.533. The number of hydrogen-bond acceptors (Lipinski definition) is 3. The van der Waals surface area contributed by atoms with Crippen LogP contribution in [0.3, 0.4) is 0 Å². The predicted octanol–water partition coefficient (Wildman–Crippen LogP) is 1.26. The third kappa shape index (κ3) is 1.91. The molecule has 0 aromatic heterocycles. The van der Waals surface area contributed by atoms with Crippen molar-refractivity contribution in [2.24, 2.45) is 17.8 Å². The minimum atomic E-state index is 0.0871. The van der Waals surface area contributed by atoms with Crippen molar-refractivity contribution >= 4 is 5.91 Å². The molecule has 1 saturated heterocycles. The summed E-state index contributed by atoms with van der Waals surface area (Å²) in [7, 11) is 0. The number of nitrogens with one attached hydrogen (secondary N) is 1. The van der Waals surface area contributed by atoms with Crippen LogP contribution in [0.25, 0.3) is 0 Å². The van der Waals surface area contributed by atoms with E-state index < -0.39 is 0 Å². The topological polar surface area (TPSA) is 58.6 Å². The summed E-state index contributed by atoms with van der Waals surface area (Å²) < 4.78 is 5.32. The van der Waals surface area contributed by atoms with Gasteiger partial charge in [-0.1, -0.05) is 12.1 Å². The van der Waals surface area contributed by atoms with E-state index in [1.165, 1.54) is 0 Å². The van der Waals surface area contributed by atoms with E-state index in [0.717, 1.165) is 25.2 Å². The largest absolute Gasteiger partial charge is 0.508 e. The molecule has 1 aromatic carbocycles. The molecule has 100 valence electrons. The molecule has 0 spiro atoms. The van der Waals surface area contributed by atoms with Gasteiger partial charge < -0.3 is 15.2 Å². The van der Waals surface area contributed by atoms with Crippen molar-refractivity contribution in [1.29, 1.82) is 0 Å².